The van der Waals surface area contributed by atoms with Crippen molar-refractivity contribution >= 4 is 10.8 Å². The number of hydrogen-bond acceptors (Lipinski definition) is 1. The summed E-state index contributed by atoms with van der Waals surface area (Å²) in [7, 11) is -0.682. The van der Waals surface area contributed by atoms with Crippen LogP contribution in [0.2, 0.25) is 0 Å². The highest BCUT2D eigenvalue weighted by Crippen LogP contribution is 2.31. The number of terminal acetylenes is 1. The molecule has 1 rings (SSSR count). The van der Waals surface area contributed by atoms with E-state index >= 15 is 0 Å². The first-order valence-corrected chi connectivity index (χ1v) is 5.33. The molecule has 0 spiro atoms. The number of hydrogen-bond donors (Lipinski definition) is 0. The molecular weight excluding hydrogens is 156 g/mol. The van der Waals surface area contributed by atoms with Gasteiger partial charge in [-0.2, -0.15) is 0 Å². The largest absolute Gasteiger partial charge is 0.260 e. The van der Waals surface area contributed by atoms with E-state index < -0.39 is 10.8 Å². The fraction of sp³-hybridized carbons (Fsp3) is 0.778. The minimum Gasteiger partial charge on any atom is -0.260 e. The SMILES string of the molecule is C#CC1CS(=O)CC(C)(C)C1. The molecule has 2 atom stereocenters. The molecule has 1 nitrogen and oxygen atoms in total. The Morgan fingerprint density at radius 1 is 1.64 bits per heavy atom. The zero-order chi connectivity index (χ0) is 8.48. The van der Waals surface area contributed by atoms with Crippen molar-refractivity contribution in [2.24, 2.45) is 11.3 Å². The van der Waals surface area contributed by atoms with Gasteiger partial charge in [0.15, 0.2) is 0 Å². The van der Waals surface area contributed by atoms with E-state index in [1.54, 1.807) is 0 Å². The molecule has 1 aliphatic rings. The summed E-state index contributed by atoms with van der Waals surface area (Å²) in [5, 5.41) is 0. The summed E-state index contributed by atoms with van der Waals surface area (Å²) in [6.07, 6.45) is 6.33. The van der Waals surface area contributed by atoms with Gasteiger partial charge in [0.1, 0.15) is 0 Å². The average molecular weight is 170 g/mol. The molecule has 0 aromatic heterocycles. The molecule has 0 amide bonds. The van der Waals surface area contributed by atoms with Crippen molar-refractivity contribution in [3.05, 3.63) is 0 Å². The molecule has 0 bridgehead atoms. The van der Waals surface area contributed by atoms with Crippen LogP contribution in [0.1, 0.15) is 20.3 Å². The number of rotatable bonds is 0. The molecule has 11 heavy (non-hydrogen) atoms. The van der Waals surface area contributed by atoms with Crippen molar-refractivity contribution < 1.29 is 4.21 Å². The lowest BCUT2D eigenvalue weighted by Gasteiger charge is -2.31. The second-order valence-corrected chi connectivity index (χ2v) is 5.48. The van der Waals surface area contributed by atoms with Gasteiger partial charge in [-0.1, -0.05) is 13.8 Å². The first-order valence-electron chi connectivity index (χ1n) is 3.84. The van der Waals surface area contributed by atoms with Crippen molar-refractivity contribution in [1.82, 2.24) is 0 Å². The summed E-state index contributed by atoms with van der Waals surface area (Å²) in [5.74, 6) is 4.45. The molecule has 2 unspecified atom stereocenters. The van der Waals surface area contributed by atoms with Crippen molar-refractivity contribution in [2.45, 2.75) is 20.3 Å². The maximum absolute atomic E-state index is 11.3. The Balaban J connectivity index is 2.67. The smallest absolute Gasteiger partial charge is 0.0373 e. The van der Waals surface area contributed by atoms with E-state index in [1.807, 2.05) is 0 Å². The van der Waals surface area contributed by atoms with Crippen LogP contribution in [-0.2, 0) is 10.8 Å². The summed E-state index contributed by atoms with van der Waals surface area (Å²) < 4.78 is 11.3. The minimum absolute atomic E-state index is 0.181. The van der Waals surface area contributed by atoms with Crippen molar-refractivity contribution in [3.8, 4) is 12.3 Å². The molecule has 0 aromatic rings. The molecule has 62 valence electrons. The van der Waals surface area contributed by atoms with E-state index in [2.05, 4.69) is 19.8 Å². The van der Waals surface area contributed by atoms with E-state index in [4.69, 9.17) is 6.42 Å². The van der Waals surface area contributed by atoms with Crippen LogP contribution >= 0.6 is 0 Å². The summed E-state index contributed by atoms with van der Waals surface area (Å²) >= 11 is 0. The molecule has 0 aliphatic carbocycles. The van der Waals surface area contributed by atoms with Crippen LogP contribution < -0.4 is 0 Å². The van der Waals surface area contributed by atoms with E-state index in [0.717, 1.165) is 12.2 Å². The lowest BCUT2D eigenvalue weighted by atomic mass is 9.85. The van der Waals surface area contributed by atoms with E-state index in [0.29, 0.717) is 5.75 Å². The topological polar surface area (TPSA) is 17.1 Å². The Kier molecular flexibility index (Phi) is 2.39. The van der Waals surface area contributed by atoms with Gasteiger partial charge >= 0.3 is 0 Å². The Bertz CT molecular complexity index is 212. The van der Waals surface area contributed by atoms with Crippen LogP contribution in [0, 0.1) is 23.7 Å². The molecule has 1 aliphatic heterocycles. The molecular formula is C9H14OS. The molecule has 1 heterocycles. The van der Waals surface area contributed by atoms with E-state index in [9.17, 15) is 4.21 Å². The van der Waals surface area contributed by atoms with Crippen LogP contribution in [0.25, 0.3) is 0 Å². The quantitative estimate of drug-likeness (QED) is 0.502. The molecule has 0 radical (unpaired) electrons. The van der Waals surface area contributed by atoms with Crippen molar-refractivity contribution in [1.29, 1.82) is 0 Å². The predicted octanol–water partition coefficient (Wildman–Crippen LogP) is 1.41. The highest BCUT2D eigenvalue weighted by Gasteiger charge is 2.30. The third kappa shape index (κ3) is 2.34. The second-order valence-electron chi connectivity index (χ2n) is 3.98. The third-order valence-electron chi connectivity index (χ3n) is 1.97. The normalized spacial score (nSPS) is 36.1. The summed E-state index contributed by atoms with van der Waals surface area (Å²) in [5.41, 5.74) is 0.181. The Hall–Kier alpha value is -0.290. The predicted molar refractivity (Wildman–Crippen MR) is 48.6 cm³/mol. The van der Waals surface area contributed by atoms with Gasteiger partial charge in [0.25, 0.3) is 0 Å². The van der Waals surface area contributed by atoms with Crippen LogP contribution in [0.4, 0.5) is 0 Å². The zero-order valence-electron chi connectivity index (χ0n) is 7.09. The molecule has 1 fully saturated rings. The summed E-state index contributed by atoms with van der Waals surface area (Å²) in [4.78, 5) is 0. The second kappa shape index (κ2) is 2.98. The maximum atomic E-state index is 11.3. The molecule has 0 N–H and O–H groups in total. The monoisotopic (exact) mass is 170 g/mol. The van der Waals surface area contributed by atoms with Crippen LogP contribution in [0.15, 0.2) is 0 Å². The lowest BCUT2D eigenvalue weighted by Crippen LogP contribution is -2.33. The van der Waals surface area contributed by atoms with Gasteiger partial charge in [0.2, 0.25) is 0 Å². The molecule has 0 aromatic carbocycles. The highest BCUT2D eigenvalue weighted by atomic mass is 32.2. The van der Waals surface area contributed by atoms with Gasteiger partial charge in [-0.15, -0.1) is 12.3 Å². The van der Waals surface area contributed by atoms with Crippen LogP contribution in [0.3, 0.4) is 0 Å². The van der Waals surface area contributed by atoms with E-state index in [-0.39, 0.29) is 11.3 Å². The van der Waals surface area contributed by atoms with Gasteiger partial charge in [-0.05, 0) is 11.8 Å². The first kappa shape index (κ1) is 8.80. The van der Waals surface area contributed by atoms with Gasteiger partial charge < -0.3 is 0 Å². The summed E-state index contributed by atoms with van der Waals surface area (Å²) in [6.45, 7) is 4.27. The Labute approximate surface area is 71.0 Å². The van der Waals surface area contributed by atoms with Crippen molar-refractivity contribution in [2.75, 3.05) is 11.5 Å². The zero-order valence-corrected chi connectivity index (χ0v) is 7.91. The van der Waals surface area contributed by atoms with Gasteiger partial charge in [-0.3, -0.25) is 4.21 Å². The van der Waals surface area contributed by atoms with E-state index in [1.165, 1.54) is 0 Å². The molecule has 2 heteroatoms. The van der Waals surface area contributed by atoms with Gasteiger partial charge in [0.05, 0.1) is 0 Å². The lowest BCUT2D eigenvalue weighted by molar-refractivity contribution is 0.335. The fourth-order valence-electron chi connectivity index (χ4n) is 1.61. The first-order chi connectivity index (χ1) is 5.03. The van der Waals surface area contributed by atoms with Crippen molar-refractivity contribution in [3.63, 3.8) is 0 Å². The average Bonchev–Trinajstić information content (AvgIpc) is 1.83. The standard InChI is InChI=1S/C9H14OS/c1-4-8-5-9(2,3)7-11(10)6-8/h1,8H,5-7H2,2-3H3. The molecule has 0 saturated carbocycles. The minimum atomic E-state index is -0.682. The maximum Gasteiger partial charge on any atom is 0.0373 e. The Morgan fingerprint density at radius 3 is 2.73 bits per heavy atom. The highest BCUT2D eigenvalue weighted by molar-refractivity contribution is 7.85. The van der Waals surface area contributed by atoms with Gasteiger partial charge in [0, 0.05) is 28.2 Å². The third-order valence-corrected chi connectivity index (χ3v) is 3.85. The summed E-state index contributed by atoms with van der Waals surface area (Å²) in [6, 6.07) is 0. The van der Waals surface area contributed by atoms with Gasteiger partial charge in [-0.25, -0.2) is 0 Å². The van der Waals surface area contributed by atoms with Crippen LogP contribution in [-0.4, -0.2) is 15.7 Å². The fourth-order valence-corrected chi connectivity index (χ4v) is 3.38. The molecule has 1 saturated heterocycles. The Morgan fingerprint density at radius 2 is 2.27 bits per heavy atom. The van der Waals surface area contributed by atoms with Crippen LogP contribution in [0.5, 0.6) is 0 Å².